The number of nitrogens with zero attached hydrogens (tertiary/aromatic N) is 3. The fourth-order valence-electron chi connectivity index (χ4n) is 2.58. The first-order chi connectivity index (χ1) is 11.6. The maximum Gasteiger partial charge on any atom is 0.288 e. The second kappa shape index (κ2) is 6.80. The highest BCUT2D eigenvalue weighted by atomic mass is 35.5. The monoisotopic (exact) mass is 343 g/mol. The lowest BCUT2D eigenvalue weighted by Crippen LogP contribution is -2.35. The molecule has 0 aliphatic carbocycles. The van der Waals surface area contributed by atoms with Gasteiger partial charge in [0.1, 0.15) is 10.9 Å². The van der Waals surface area contributed by atoms with Gasteiger partial charge in [0, 0.05) is 24.6 Å². The lowest BCUT2D eigenvalue weighted by Gasteiger charge is -2.18. The highest BCUT2D eigenvalue weighted by molar-refractivity contribution is 6.32. The van der Waals surface area contributed by atoms with Crippen LogP contribution in [0.25, 0.3) is 0 Å². The van der Waals surface area contributed by atoms with E-state index in [1.165, 1.54) is 18.2 Å². The van der Waals surface area contributed by atoms with Gasteiger partial charge in [-0.25, -0.2) is 0 Å². The largest absolute Gasteiger partial charge is 0.294 e. The van der Waals surface area contributed by atoms with E-state index in [1.54, 1.807) is 4.90 Å². The molecular formula is C17H14ClN3O3. The molecule has 0 atom stereocenters. The summed E-state index contributed by atoms with van der Waals surface area (Å²) in [5.41, 5.74) is 1.01. The van der Waals surface area contributed by atoms with Crippen LogP contribution in [0.5, 0.6) is 0 Å². The van der Waals surface area contributed by atoms with Crippen molar-refractivity contribution in [2.24, 2.45) is 4.99 Å². The van der Waals surface area contributed by atoms with E-state index < -0.39 is 4.92 Å². The van der Waals surface area contributed by atoms with Gasteiger partial charge in [-0.1, -0.05) is 41.9 Å². The summed E-state index contributed by atoms with van der Waals surface area (Å²) in [5, 5.41) is 11.0. The summed E-state index contributed by atoms with van der Waals surface area (Å²) >= 11 is 5.80. The van der Waals surface area contributed by atoms with Gasteiger partial charge in [0.15, 0.2) is 0 Å². The molecule has 1 aliphatic rings. The summed E-state index contributed by atoms with van der Waals surface area (Å²) in [7, 11) is 0. The maximum atomic E-state index is 12.7. The zero-order valence-corrected chi connectivity index (χ0v) is 13.4. The lowest BCUT2D eigenvalue weighted by atomic mass is 10.1. The van der Waals surface area contributed by atoms with Gasteiger partial charge in [0.25, 0.3) is 11.6 Å². The average Bonchev–Trinajstić information content (AvgIpc) is 3.03. The molecule has 0 unspecified atom stereocenters. The molecule has 7 heteroatoms. The van der Waals surface area contributed by atoms with E-state index in [0.29, 0.717) is 25.3 Å². The number of amidine groups is 1. The summed E-state index contributed by atoms with van der Waals surface area (Å²) in [6.45, 7) is 1.00. The number of rotatable bonds is 4. The minimum absolute atomic E-state index is 0.0103. The number of nitro benzene ring substituents is 1. The molecule has 2 aromatic rings. The molecule has 0 aromatic heterocycles. The van der Waals surface area contributed by atoms with Gasteiger partial charge in [-0.3, -0.25) is 24.8 Å². The van der Waals surface area contributed by atoms with Gasteiger partial charge < -0.3 is 0 Å². The number of nitro groups is 1. The molecule has 6 nitrogen and oxygen atoms in total. The summed E-state index contributed by atoms with van der Waals surface area (Å²) in [6.07, 6.45) is 0.544. The Morgan fingerprint density at radius 2 is 2.00 bits per heavy atom. The number of aliphatic imine (C=N–C) groups is 1. The summed E-state index contributed by atoms with van der Waals surface area (Å²) in [4.78, 5) is 29.1. The molecule has 1 aliphatic heterocycles. The van der Waals surface area contributed by atoms with Crippen molar-refractivity contribution >= 4 is 29.0 Å². The number of carbonyl (C=O) groups is 1. The normalized spacial score (nSPS) is 13.7. The van der Waals surface area contributed by atoms with E-state index in [2.05, 4.69) is 4.99 Å². The fraction of sp³-hybridized carbons (Fsp3) is 0.176. The Balaban J connectivity index is 1.83. The zero-order chi connectivity index (χ0) is 17.1. The molecule has 0 saturated heterocycles. The van der Waals surface area contributed by atoms with E-state index >= 15 is 0 Å². The molecule has 2 aromatic carbocycles. The van der Waals surface area contributed by atoms with Crippen LogP contribution in [-0.4, -0.2) is 34.7 Å². The quantitative estimate of drug-likeness (QED) is 0.631. The van der Waals surface area contributed by atoms with Crippen LogP contribution in [0.3, 0.4) is 0 Å². The number of hydrogen-bond acceptors (Lipinski definition) is 4. The van der Waals surface area contributed by atoms with Gasteiger partial charge in [-0.2, -0.15) is 0 Å². The van der Waals surface area contributed by atoms with Crippen LogP contribution < -0.4 is 0 Å². The Hall–Kier alpha value is -2.73. The van der Waals surface area contributed by atoms with Crippen LogP contribution in [0, 0.1) is 10.1 Å². The van der Waals surface area contributed by atoms with Crippen LogP contribution in [0.2, 0.25) is 5.02 Å². The third-order valence-electron chi connectivity index (χ3n) is 3.77. The molecule has 0 N–H and O–H groups in total. The molecule has 0 saturated carbocycles. The van der Waals surface area contributed by atoms with E-state index in [-0.39, 0.29) is 22.2 Å². The number of hydrogen-bond donors (Lipinski definition) is 0. The Morgan fingerprint density at radius 1 is 1.25 bits per heavy atom. The van der Waals surface area contributed by atoms with E-state index in [9.17, 15) is 14.9 Å². The summed E-state index contributed by atoms with van der Waals surface area (Å²) < 4.78 is 0. The van der Waals surface area contributed by atoms with E-state index in [0.717, 1.165) is 5.56 Å². The van der Waals surface area contributed by atoms with Crippen molar-refractivity contribution in [3.05, 3.63) is 74.8 Å². The third-order valence-corrected chi connectivity index (χ3v) is 4.09. The molecule has 0 bridgehead atoms. The van der Waals surface area contributed by atoms with Crippen molar-refractivity contribution in [2.75, 3.05) is 13.1 Å². The SMILES string of the molecule is O=C(c1ccc(Cl)c([N+](=O)[O-])c1)N1CCN=C1Cc1ccccc1. The van der Waals surface area contributed by atoms with Gasteiger partial charge in [-0.15, -0.1) is 0 Å². The van der Waals surface area contributed by atoms with Gasteiger partial charge in [0.2, 0.25) is 0 Å². The summed E-state index contributed by atoms with van der Waals surface area (Å²) in [5.74, 6) is 0.366. The van der Waals surface area contributed by atoms with Crippen molar-refractivity contribution in [1.82, 2.24) is 4.90 Å². The fourth-order valence-corrected chi connectivity index (χ4v) is 2.77. The molecule has 1 heterocycles. The second-order valence-corrected chi connectivity index (χ2v) is 5.75. The third kappa shape index (κ3) is 3.28. The molecule has 122 valence electrons. The number of carbonyl (C=O) groups excluding carboxylic acids is 1. The smallest absolute Gasteiger partial charge is 0.288 e. The first-order valence-electron chi connectivity index (χ1n) is 7.39. The van der Waals surface area contributed by atoms with Gasteiger partial charge in [0.05, 0.1) is 11.5 Å². The van der Waals surface area contributed by atoms with Gasteiger partial charge >= 0.3 is 0 Å². The Morgan fingerprint density at radius 3 is 2.71 bits per heavy atom. The molecule has 3 rings (SSSR count). The van der Waals surface area contributed by atoms with Crippen LogP contribution >= 0.6 is 11.6 Å². The maximum absolute atomic E-state index is 12.7. The molecule has 1 amide bonds. The first kappa shape index (κ1) is 16.1. The van der Waals surface area contributed by atoms with E-state index in [4.69, 9.17) is 11.6 Å². The van der Waals surface area contributed by atoms with Crippen LogP contribution in [0.4, 0.5) is 5.69 Å². The minimum Gasteiger partial charge on any atom is -0.294 e. The Kier molecular flexibility index (Phi) is 4.57. The van der Waals surface area contributed by atoms with Crippen LogP contribution in [0.1, 0.15) is 15.9 Å². The van der Waals surface area contributed by atoms with Crippen molar-refractivity contribution in [1.29, 1.82) is 0 Å². The minimum atomic E-state index is -0.595. The number of amides is 1. The predicted molar refractivity (Wildman–Crippen MR) is 91.6 cm³/mol. The molecule has 0 spiro atoms. The zero-order valence-electron chi connectivity index (χ0n) is 12.7. The predicted octanol–water partition coefficient (Wildman–Crippen LogP) is 3.35. The molecular weight excluding hydrogens is 330 g/mol. The second-order valence-electron chi connectivity index (χ2n) is 5.34. The first-order valence-corrected chi connectivity index (χ1v) is 7.77. The topological polar surface area (TPSA) is 75.8 Å². The van der Waals surface area contributed by atoms with E-state index in [1.807, 2.05) is 30.3 Å². The highest BCUT2D eigenvalue weighted by Crippen LogP contribution is 2.26. The van der Waals surface area contributed by atoms with Crippen molar-refractivity contribution in [3.8, 4) is 0 Å². The van der Waals surface area contributed by atoms with Crippen molar-refractivity contribution < 1.29 is 9.72 Å². The lowest BCUT2D eigenvalue weighted by molar-refractivity contribution is -0.384. The molecule has 0 fully saturated rings. The number of halogens is 1. The molecule has 0 radical (unpaired) electrons. The average molecular weight is 344 g/mol. The van der Waals surface area contributed by atoms with Crippen molar-refractivity contribution in [2.45, 2.75) is 6.42 Å². The van der Waals surface area contributed by atoms with Crippen LogP contribution in [-0.2, 0) is 6.42 Å². The number of benzene rings is 2. The van der Waals surface area contributed by atoms with Gasteiger partial charge in [-0.05, 0) is 17.7 Å². The standard InChI is InChI=1S/C17H14ClN3O3/c18-14-7-6-13(11-15(14)21(23)24)17(22)20-9-8-19-16(20)10-12-4-2-1-3-5-12/h1-7,11H,8-10H2. The summed E-state index contributed by atoms with van der Waals surface area (Å²) in [6, 6.07) is 13.8. The molecule has 24 heavy (non-hydrogen) atoms. The highest BCUT2D eigenvalue weighted by Gasteiger charge is 2.26. The van der Waals surface area contributed by atoms with Crippen molar-refractivity contribution in [3.63, 3.8) is 0 Å². The Bertz CT molecular complexity index is 821. The Labute approximate surface area is 143 Å². The van der Waals surface area contributed by atoms with Crippen LogP contribution in [0.15, 0.2) is 53.5 Å².